The van der Waals surface area contributed by atoms with E-state index in [0.29, 0.717) is 5.69 Å². The zero-order valence-corrected chi connectivity index (χ0v) is 12.8. The molecule has 20 heavy (non-hydrogen) atoms. The Labute approximate surface area is 125 Å². The Balaban J connectivity index is 2.78. The van der Waals surface area contributed by atoms with Crippen molar-refractivity contribution < 1.29 is 19.8 Å². The number of aliphatic carboxylic acids is 1. The molecular weight excluding hydrogens is 328 g/mol. The number of rotatable bonds is 5. The van der Waals surface area contributed by atoms with Gasteiger partial charge in [-0.05, 0) is 47.0 Å². The third-order valence-corrected chi connectivity index (χ3v) is 3.32. The predicted molar refractivity (Wildman–Crippen MR) is 78.9 cm³/mol. The van der Waals surface area contributed by atoms with E-state index in [0.717, 1.165) is 15.6 Å². The molecule has 1 unspecified atom stereocenters. The number of carbonyl (C=O) groups is 2. The van der Waals surface area contributed by atoms with Crippen molar-refractivity contribution in [1.82, 2.24) is 5.32 Å². The fourth-order valence-corrected chi connectivity index (χ4v) is 2.54. The van der Waals surface area contributed by atoms with Crippen LogP contribution in [0.2, 0.25) is 0 Å². The zero-order chi connectivity index (χ0) is 15.3. The van der Waals surface area contributed by atoms with Crippen molar-refractivity contribution in [3.8, 4) is 0 Å². The summed E-state index contributed by atoms with van der Waals surface area (Å²) in [7, 11) is 0. The Hall–Kier alpha value is -1.60. The van der Waals surface area contributed by atoms with Crippen molar-refractivity contribution in [2.45, 2.75) is 26.3 Å². The monoisotopic (exact) mass is 344 g/mol. The zero-order valence-electron chi connectivity index (χ0n) is 11.2. The lowest BCUT2D eigenvalue weighted by atomic mass is 10.1. The first-order valence-corrected chi connectivity index (χ1v) is 6.82. The number of carbonyl (C=O) groups excluding carboxylic acids is 1. The van der Waals surface area contributed by atoms with Gasteiger partial charge >= 0.3 is 12.0 Å². The van der Waals surface area contributed by atoms with Crippen molar-refractivity contribution >= 4 is 33.6 Å². The van der Waals surface area contributed by atoms with Crippen molar-refractivity contribution in [2.24, 2.45) is 0 Å². The Morgan fingerprint density at radius 2 is 2.00 bits per heavy atom. The molecule has 1 aromatic rings. The number of urea groups is 1. The Morgan fingerprint density at radius 1 is 1.35 bits per heavy atom. The van der Waals surface area contributed by atoms with Gasteiger partial charge in [0.1, 0.15) is 6.04 Å². The van der Waals surface area contributed by atoms with E-state index in [1.54, 1.807) is 0 Å². The molecule has 0 saturated heterocycles. The smallest absolute Gasteiger partial charge is 0.326 e. The van der Waals surface area contributed by atoms with E-state index < -0.39 is 18.0 Å². The van der Waals surface area contributed by atoms with Crippen molar-refractivity contribution in [2.75, 3.05) is 11.9 Å². The predicted octanol–water partition coefficient (Wildman–Crippen LogP) is 2.02. The lowest BCUT2D eigenvalue weighted by molar-refractivity contribution is -0.139. The van der Waals surface area contributed by atoms with Crippen molar-refractivity contribution in [3.05, 3.63) is 27.7 Å². The van der Waals surface area contributed by atoms with E-state index in [-0.39, 0.29) is 13.0 Å². The quantitative estimate of drug-likeness (QED) is 0.656. The first-order chi connectivity index (χ1) is 9.35. The minimum atomic E-state index is -1.19. The molecule has 6 nitrogen and oxygen atoms in total. The van der Waals surface area contributed by atoms with E-state index >= 15 is 0 Å². The molecule has 0 radical (unpaired) electrons. The molecule has 2 amide bonds. The second-order valence-corrected chi connectivity index (χ2v) is 5.29. The fraction of sp³-hybridized carbons (Fsp3) is 0.385. The third-order valence-electron chi connectivity index (χ3n) is 2.69. The molecule has 0 saturated carbocycles. The van der Waals surface area contributed by atoms with Crippen LogP contribution >= 0.6 is 15.9 Å². The minimum Gasteiger partial charge on any atom is -0.480 e. The van der Waals surface area contributed by atoms with Crippen LogP contribution in [0, 0.1) is 13.8 Å². The molecule has 110 valence electrons. The summed E-state index contributed by atoms with van der Waals surface area (Å²) in [6.45, 7) is 3.46. The van der Waals surface area contributed by atoms with Crippen LogP contribution in [-0.4, -0.2) is 34.9 Å². The number of aliphatic hydroxyl groups excluding tert-OH is 1. The lowest BCUT2D eigenvalue weighted by Gasteiger charge is -2.16. The second kappa shape index (κ2) is 7.25. The number of hydrogen-bond donors (Lipinski definition) is 4. The lowest BCUT2D eigenvalue weighted by Crippen LogP contribution is -2.43. The fourth-order valence-electron chi connectivity index (χ4n) is 1.77. The number of hydrogen-bond acceptors (Lipinski definition) is 3. The highest BCUT2D eigenvalue weighted by Gasteiger charge is 2.19. The maximum absolute atomic E-state index is 11.8. The topological polar surface area (TPSA) is 98.7 Å². The van der Waals surface area contributed by atoms with Crippen LogP contribution in [0.25, 0.3) is 0 Å². The molecule has 0 bridgehead atoms. The molecule has 7 heteroatoms. The third kappa shape index (κ3) is 4.50. The van der Waals surface area contributed by atoms with Crippen molar-refractivity contribution in [3.63, 3.8) is 0 Å². The Bertz CT molecular complexity index is 496. The number of aryl methyl sites for hydroxylation is 2. The number of amides is 2. The van der Waals surface area contributed by atoms with Gasteiger partial charge in [0.15, 0.2) is 0 Å². The average Bonchev–Trinajstić information content (AvgIpc) is 2.33. The summed E-state index contributed by atoms with van der Waals surface area (Å²) in [5.74, 6) is -1.19. The van der Waals surface area contributed by atoms with Gasteiger partial charge in [0.2, 0.25) is 0 Å². The van der Waals surface area contributed by atoms with Crippen LogP contribution in [-0.2, 0) is 4.79 Å². The molecule has 1 aromatic carbocycles. The Kier molecular flexibility index (Phi) is 5.97. The number of anilines is 1. The molecular formula is C13H17BrN2O4. The maximum Gasteiger partial charge on any atom is 0.326 e. The van der Waals surface area contributed by atoms with Crippen LogP contribution in [0.4, 0.5) is 10.5 Å². The summed E-state index contributed by atoms with van der Waals surface area (Å²) in [5, 5.41) is 22.6. The van der Waals surface area contributed by atoms with Gasteiger partial charge in [-0.25, -0.2) is 9.59 Å². The number of aliphatic hydroxyl groups is 1. The van der Waals surface area contributed by atoms with E-state index in [1.807, 2.05) is 26.0 Å². The summed E-state index contributed by atoms with van der Waals surface area (Å²) in [6.07, 6.45) is -0.0448. The summed E-state index contributed by atoms with van der Waals surface area (Å²) in [5.41, 5.74) is 2.49. The molecule has 4 N–H and O–H groups in total. The van der Waals surface area contributed by atoms with Crippen LogP contribution in [0.1, 0.15) is 17.5 Å². The average molecular weight is 345 g/mol. The van der Waals surface area contributed by atoms with Gasteiger partial charge < -0.3 is 20.8 Å². The molecule has 1 rings (SSSR count). The maximum atomic E-state index is 11.8. The molecule has 0 aliphatic carbocycles. The highest BCUT2D eigenvalue weighted by atomic mass is 79.9. The first-order valence-electron chi connectivity index (χ1n) is 6.03. The van der Waals surface area contributed by atoms with Crippen LogP contribution in [0.5, 0.6) is 0 Å². The second-order valence-electron chi connectivity index (χ2n) is 4.44. The molecule has 0 spiro atoms. The highest BCUT2D eigenvalue weighted by Crippen LogP contribution is 2.27. The summed E-state index contributed by atoms with van der Waals surface area (Å²) in [4.78, 5) is 22.7. The molecule has 0 heterocycles. The minimum absolute atomic E-state index is 0.0448. The molecule has 0 aliphatic rings. The normalized spacial score (nSPS) is 11.8. The van der Waals surface area contributed by atoms with Crippen LogP contribution in [0.15, 0.2) is 16.6 Å². The first kappa shape index (κ1) is 16.5. The van der Waals surface area contributed by atoms with Gasteiger partial charge in [0, 0.05) is 17.5 Å². The summed E-state index contributed by atoms with van der Waals surface area (Å²) in [6, 6.07) is 2.01. The standard InChI is InChI=1S/C13H17BrN2O4/c1-7-5-8(2)11(9(14)6-7)16-13(20)15-10(3-4-17)12(18)19/h5-6,10,17H,3-4H2,1-2H3,(H,18,19)(H2,15,16,20). The van der Waals surface area contributed by atoms with Gasteiger partial charge in [-0.3, -0.25) is 0 Å². The molecule has 1 atom stereocenters. The van der Waals surface area contributed by atoms with Crippen LogP contribution in [0.3, 0.4) is 0 Å². The largest absolute Gasteiger partial charge is 0.480 e. The van der Waals surface area contributed by atoms with E-state index in [4.69, 9.17) is 10.2 Å². The van der Waals surface area contributed by atoms with Gasteiger partial charge in [-0.2, -0.15) is 0 Å². The number of carboxylic acids is 1. The van der Waals surface area contributed by atoms with Gasteiger partial charge in [-0.1, -0.05) is 6.07 Å². The van der Waals surface area contributed by atoms with Gasteiger partial charge in [0.05, 0.1) is 5.69 Å². The number of benzene rings is 1. The highest BCUT2D eigenvalue weighted by molar-refractivity contribution is 9.10. The molecule has 0 aliphatic heterocycles. The molecule has 0 fully saturated rings. The van der Waals surface area contributed by atoms with E-state index in [1.165, 1.54) is 0 Å². The number of halogens is 1. The van der Waals surface area contributed by atoms with Crippen LogP contribution < -0.4 is 10.6 Å². The number of nitrogens with one attached hydrogen (secondary N) is 2. The van der Waals surface area contributed by atoms with Crippen molar-refractivity contribution in [1.29, 1.82) is 0 Å². The SMILES string of the molecule is Cc1cc(C)c(NC(=O)NC(CCO)C(=O)O)c(Br)c1. The Morgan fingerprint density at radius 3 is 2.50 bits per heavy atom. The summed E-state index contributed by atoms with van der Waals surface area (Å²) >= 11 is 3.35. The van der Waals surface area contributed by atoms with Gasteiger partial charge in [-0.15, -0.1) is 0 Å². The van der Waals surface area contributed by atoms with E-state index in [9.17, 15) is 9.59 Å². The summed E-state index contributed by atoms with van der Waals surface area (Å²) < 4.78 is 0.721. The van der Waals surface area contributed by atoms with Gasteiger partial charge in [0.25, 0.3) is 0 Å². The molecule has 0 aromatic heterocycles. The number of carboxylic acid groups (broad SMARTS) is 1. The van der Waals surface area contributed by atoms with E-state index in [2.05, 4.69) is 26.6 Å².